The molecule has 34 heavy (non-hydrogen) atoms. The Morgan fingerprint density at radius 2 is 1.97 bits per heavy atom. The van der Waals surface area contributed by atoms with Crippen LogP contribution in [0.25, 0.3) is 0 Å². The fourth-order valence-corrected chi connectivity index (χ4v) is 4.44. The molecule has 0 aliphatic carbocycles. The largest absolute Gasteiger partial charge is 0.493 e. The number of amides is 2. The van der Waals surface area contributed by atoms with Gasteiger partial charge in [-0.2, -0.15) is 5.10 Å². The van der Waals surface area contributed by atoms with E-state index >= 15 is 0 Å². The Bertz CT molecular complexity index is 1230. The van der Waals surface area contributed by atoms with Gasteiger partial charge in [-0.05, 0) is 50.1 Å². The van der Waals surface area contributed by atoms with Gasteiger partial charge in [-0.25, -0.2) is 0 Å². The summed E-state index contributed by atoms with van der Waals surface area (Å²) >= 11 is 0. The number of rotatable bonds is 7. The molecule has 0 radical (unpaired) electrons. The summed E-state index contributed by atoms with van der Waals surface area (Å²) in [5.41, 5.74) is 3.93. The Kier molecular flexibility index (Phi) is 6.58. The normalized spacial score (nSPS) is 17.0. The summed E-state index contributed by atoms with van der Waals surface area (Å²) < 4.78 is 13.1. The second-order valence-corrected chi connectivity index (χ2v) is 8.52. The zero-order valence-electron chi connectivity index (χ0n) is 20.1. The lowest BCUT2D eigenvalue weighted by Gasteiger charge is -2.33. The Morgan fingerprint density at radius 3 is 2.68 bits per heavy atom. The van der Waals surface area contributed by atoms with Gasteiger partial charge in [-0.3, -0.25) is 14.3 Å². The first-order valence-corrected chi connectivity index (χ1v) is 11.4. The van der Waals surface area contributed by atoms with Crippen molar-refractivity contribution in [3.05, 3.63) is 70.4 Å². The van der Waals surface area contributed by atoms with Gasteiger partial charge < -0.3 is 20.1 Å². The van der Waals surface area contributed by atoms with Crippen molar-refractivity contribution in [3.63, 3.8) is 0 Å². The molecule has 178 valence electrons. The summed E-state index contributed by atoms with van der Waals surface area (Å²) in [6, 6.07) is 12.1. The van der Waals surface area contributed by atoms with Crippen LogP contribution in [0.2, 0.25) is 0 Å². The van der Waals surface area contributed by atoms with Crippen LogP contribution in [0.15, 0.2) is 42.5 Å². The molecule has 4 rings (SSSR count). The van der Waals surface area contributed by atoms with Crippen LogP contribution in [0.5, 0.6) is 11.5 Å². The van der Waals surface area contributed by atoms with Crippen LogP contribution in [-0.4, -0.2) is 41.4 Å². The van der Waals surface area contributed by atoms with Crippen LogP contribution in [0.4, 0.5) is 5.82 Å². The van der Waals surface area contributed by atoms with Gasteiger partial charge in [-0.1, -0.05) is 30.7 Å². The summed E-state index contributed by atoms with van der Waals surface area (Å²) in [5.74, 6) is 0.764. The number of anilines is 1. The highest BCUT2D eigenvalue weighted by atomic mass is 16.5. The molecule has 1 aliphatic rings. The van der Waals surface area contributed by atoms with Crippen molar-refractivity contribution in [2.24, 2.45) is 7.05 Å². The average Bonchev–Trinajstić information content (AvgIpc) is 3.10. The van der Waals surface area contributed by atoms with Crippen molar-refractivity contribution >= 4 is 17.6 Å². The number of nitrogens with zero attached hydrogens (tertiary/aromatic N) is 2. The van der Waals surface area contributed by atoms with E-state index in [1.54, 1.807) is 31.0 Å². The van der Waals surface area contributed by atoms with E-state index in [2.05, 4.69) is 15.7 Å². The van der Waals surface area contributed by atoms with Gasteiger partial charge in [0.2, 0.25) is 5.91 Å². The summed E-state index contributed by atoms with van der Waals surface area (Å²) in [6.07, 6.45) is 0.874. The number of ether oxygens (including phenoxy) is 2. The standard InChI is InChI=1S/C26H30N4O4/c1-6-12-34-19-11-10-17(14-20(19)33-5)22-21-16(3)29-30(4)24(21)28-26(32)23(22)27-25(31)18-9-7-8-15(2)13-18/h7-11,13-14,22-23H,6,12H2,1-5H3,(H,27,31)(H,28,32). The van der Waals surface area contributed by atoms with Crippen LogP contribution in [-0.2, 0) is 11.8 Å². The number of carbonyl (C=O) groups excluding carboxylic acids is 2. The van der Waals surface area contributed by atoms with Crippen LogP contribution in [0, 0.1) is 13.8 Å². The highest BCUT2D eigenvalue weighted by Gasteiger charge is 2.41. The molecule has 0 spiro atoms. The first-order chi connectivity index (χ1) is 16.3. The zero-order chi connectivity index (χ0) is 24.4. The zero-order valence-corrected chi connectivity index (χ0v) is 20.1. The van der Waals surface area contributed by atoms with Crippen molar-refractivity contribution in [2.75, 3.05) is 19.0 Å². The lowest BCUT2D eigenvalue weighted by atomic mass is 9.81. The number of hydrogen-bond donors (Lipinski definition) is 2. The van der Waals surface area contributed by atoms with Crippen LogP contribution in [0.3, 0.4) is 0 Å². The topological polar surface area (TPSA) is 94.5 Å². The Morgan fingerprint density at radius 1 is 1.18 bits per heavy atom. The quantitative estimate of drug-likeness (QED) is 0.558. The lowest BCUT2D eigenvalue weighted by Crippen LogP contribution is -2.50. The van der Waals surface area contributed by atoms with Gasteiger partial charge in [0, 0.05) is 24.1 Å². The average molecular weight is 463 g/mol. The molecule has 8 heteroatoms. The maximum absolute atomic E-state index is 13.3. The van der Waals surface area contributed by atoms with Crippen molar-refractivity contribution < 1.29 is 19.1 Å². The SMILES string of the molecule is CCCOc1ccc(C2c3c(C)nn(C)c3NC(=O)C2NC(=O)c2cccc(C)c2)cc1OC. The minimum Gasteiger partial charge on any atom is -0.493 e. The molecular formula is C26H30N4O4. The van der Waals surface area contributed by atoms with Crippen molar-refractivity contribution in [1.82, 2.24) is 15.1 Å². The maximum atomic E-state index is 13.3. The molecule has 1 aliphatic heterocycles. The molecule has 2 atom stereocenters. The third kappa shape index (κ3) is 4.35. The van der Waals surface area contributed by atoms with Crippen LogP contribution < -0.4 is 20.1 Å². The maximum Gasteiger partial charge on any atom is 0.251 e. The Labute approximate surface area is 199 Å². The van der Waals surface area contributed by atoms with Gasteiger partial charge >= 0.3 is 0 Å². The number of hydrogen-bond acceptors (Lipinski definition) is 5. The smallest absolute Gasteiger partial charge is 0.251 e. The molecule has 3 aromatic rings. The number of fused-ring (bicyclic) bond motifs is 1. The first kappa shape index (κ1) is 23.4. The Hall–Kier alpha value is -3.81. The monoisotopic (exact) mass is 462 g/mol. The Balaban J connectivity index is 1.78. The van der Waals surface area contributed by atoms with E-state index in [0.29, 0.717) is 29.5 Å². The van der Waals surface area contributed by atoms with Crippen LogP contribution >= 0.6 is 0 Å². The summed E-state index contributed by atoms with van der Waals surface area (Å²) in [7, 11) is 3.38. The summed E-state index contributed by atoms with van der Waals surface area (Å²) in [6.45, 7) is 6.43. The van der Waals surface area contributed by atoms with E-state index in [-0.39, 0.29) is 11.8 Å². The highest BCUT2D eigenvalue weighted by molar-refractivity contribution is 6.04. The lowest BCUT2D eigenvalue weighted by molar-refractivity contribution is -0.118. The third-order valence-electron chi connectivity index (χ3n) is 6.01. The molecule has 2 unspecified atom stereocenters. The van der Waals surface area contributed by atoms with Gasteiger partial charge in [0.15, 0.2) is 11.5 Å². The summed E-state index contributed by atoms with van der Waals surface area (Å²) in [5, 5.41) is 10.4. The number of aryl methyl sites for hydroxylation is 3. The van der Waals surface area contributed by atoms with E-state index in [0.717, 1.165) is 28.8 Å². The highest BCUT2D eigenvalue weighted by Crippen LogP contribution is 2.41. The molecule has 0 fully saturated rings. The van der Waals surface area contributed by atoms with E-state index in [4.69, 9.17) is 9.47 Å². The number of methoxy groups -OCH3 is 1. The number of benzene rings is 2. The molecule has 0 bridgehead atoms. The minimum atomic E-state index is -0.837. The molecule has 2 aromatic carbocycles. The van der Waals surface area contributed by atoms with Gasteiger partial charge in [0.05, 0.1) is 19.4 Å². The minimum absolute atomic E-state index is 0.299. The molecule has 2 heterocycles. The van der Waals surface area contributed by atoms with Crippen molar-refractivity contribution in [3.8, 4) is 11.5 Å². The molecule has 1 aromatic heterocycles. The summed E-state index contributed by atoms with van der Waals surface area (Å²) in [4.78, 5) is 26.4. The van der Waals surface area contributed by atoms with Gasteiger partial charge in [-0.15, -0.1) is 0 Å². The predicted octanol–water partition coefficient (Wildman–Crippen LogP) is 3.72. The predicted molar refractivity (Wildman–Crippen MR) is 130 cm³/mol. The van der Waals surface area contributed by atoms with Crippen molar-refractivity contribution in [1.29, 1.82) is 0 Å². The van der Waals surface area contributed by atoms with Gasteiger partial charge in [0.1, 0.15) is 11.9 Å². The third-order valence-corrected chi connectivity index (χ3v) is 6.01. The molecular weight excluding hydrogens is 432 g/mol. The van der Waals surface area contributed by atoms with E-state index in [1.165, 1.54) is 0 Å². The molecule has 2 N–H and O–H groups in total. The first-order valence-electron chi connectivity index (χ1n) is 11.4. The fourth-order valence-electron chi connectivity index (χ4n) is 4.44. The van der Waals surface area contributed by atoms with Gasteiger partial charge in [0.25, 0.3) is 5.91 Å². The van der Waals surface area contributed by atoms with E-state index in [1.807, 2.05) is 51.1 Å². The molecule has 2 amide bonds. The number of aromatic nitrogens is 2. The van der Waals surface area contributed by atoms with E-state index in [9.17, 15) is 9.59 Å². The molecule has 0 saturated carbocycles. The fraction of sp³-hybridized carbons (Fsp3) is 0.346. The second-order valence-electron chi connectivity index (χ2n) is 8.52. The molecule has 8 nitrogen and oxygen atoms in total. The number of nitrogens with one attached hydrogen (secondary N) is 2. The second kappa shape index (κ2) is 9.59. The van der Waals surface area contributed by atoms with Crippen molar-refractivity contribution in [2.45, 2.75) is 39.2 Å². The number of carbonyl (C=O) groups is 2. The van der Waals surface area contributed by atoms with Crippen LogP contribution in [0.1, 0.15) is 52.0 Å². The van der Waals surface area contributed by atoms with E-state index < -0.39 is 12.0 Å². The molecule has 0 saturated heterocycles.